The first-order valence-electron chi connectivity index (χ1n) is 5.39. The molecule has 0 heterocycles. The minimum atomic E-state index is 0.444. The summed E-state index contributed by atoms with van der Waals surface area (Å²) < 4.78 is 5.24. The predicted octanol–water partition coefficient (Wildman–Crippen LogP) is 2.25. The monoisotopic (exact) mass is 207 g/mol. The van der Waals surface area contributed by atoms with E-state index in [2.05, 4.69) is 37.4 Å². The van der Waals surface area contributed by atoms with Crippen molar-refractivity contribution in [2.24, 2.45) is 0 Å². The van der Waals surface area contributed by atoms with Crippen molar-refractivity contribution in [1.82, 2.24) is 5.32 Å². The summed E-state index contributed by atoms with van der Waals surface area (Å²) in [5.74, 6) is 0.444. The number of rotatable bonds is 5. The van der Waals surface area contributed by atoms with Crippen LogP contribution >= 0.6 is 0 Å². The maximum absolute atomic E-state index is 5.24. The van der Waals surface area contributed by atoms with Gasteiger partial charge in [-0.1, -0.05) is 18.2 Å². The van der Waals surface area contributed by atoms with Crippen molar-refractivity contribution in [3.63, 3.8) is 0 Å². The highest BCUT2D eigenvalue weighted by Gasteiger charge is 2.10. The van der Waals surface area contributed by atoms with Gasteiger partial charge in [0, 0.05) is 19.6 Å². The second kappa shape index (κ2) is 5.89. The molecule has 1 N–H and O–H groups in total. The molecular weight excluding hydrogens is 186 g/mol. The van der Waals surface area contributed by atoms with Crippen molar-refractivity contribution in [2.75, 3.05) is 27.3 Å². The van der Waals surface area contributed by atoms with Crippen LogP contribution in [0.3, 0.4) is 0 Å². The van der Waals surface area contributed by atoms with Gasteiger partial charge < -0.3 is 10.1 Å². The van der Waals surface area contributed by atoms with Crippen LogP contribution in [0.5, 0.6) is 0 Å². The molecule has 1 aromatic carbocycles. The van der Waals surface area contributed by atoms with Crippen molar-refractivity contribution in [3.05, 3.63) is 34.9 Å². The fourth-order valence-corrected chi connectivity index (χ4v) is 1.74. The predicted molar refractivity (Wildman–Crippen MR) is 64.5 cm³/mol. The normalized spacial score (nSPS) is 12.8. The van der Waals surface area contributed by atoms with E-state index in [4.69, 9.17) is 4.74 Å². The van der Waals surface area contributed by atoms with E-state index in [-0.39, 0.29) is 0 Å². The summed E-state index contributed by atoms with van der Waals surface area (Å²) in [6, 6.07) is 6.64. The van der Waals surface area contributed by atoms with Crippen molar-refractivity contribution in [1.29, 1.82) is 0 Å². The van der Waals surface area contributed by atoms with E-state index >= 15 is 0 Å². The fourth-order valence-electron chi connectivity index (χ4n) is 1.74. The Hall–Kier alpha value is -0.860. The number of hydrogen-bond acceptors (Lipinski definition) is 2. The summed E-state index contributed by atoms with van der Waals surface area (Å²) in [5.41, 5.74) is 4.05. The van der Waals surface area contributed by atoms with Crippen LogP contribution in [0.2, 0.25) is 0 Å². The quantitative estimate of drug-likeness (QED) is 0.799. The third kappa shape index (κ3) is 3.33. The second-order valence-corrected chi connectivity index (χ2v) is 4.05. The summed E-state index contributed by atoms with van der Waals surface area (Å²) in [6.45, 7) is 6.02. The van der Waals surface area contributed by atoms with Crippen LogP contribution < -0.4 is 5.32 Å². The lowest BCUT2D eigenvalue weighted by atomic mass is 9.96. The van der Waals surface area contributed by atoms with Crippen molar-refractivity contribution in [2.45, 2.75) is 19.8 Å². The largest absolute Gasteiger partial charge is 0.384 e. The van der Waals surface area contributed by atoms with Gasteiger partial charge in [-0.3, -0.25) is 0 Å². The number of likely N-dealkylation sites (N-methyl/N-ethyl adjacent to an activating group) is 1. The minimum absolute atomic E-state index is 0.444. The summed E-state index contributed by atoms with van der Waals surface area (Å²) in [6.07, 6.45) is 0. The zero-order valence-electron chi connectivity index (χ0n) is 10.1. The molecule has 0 saturated heterocycles. The Morgan fingerprint density at radius 3 is 2.53 bits per heavy atom. The molecule has 1 rings (SSSR count). The summed E-state index contributed by atoms with van der Waals surface area (Å²) in [5, 5.41) is 3.21. The molecule has 0 amide bonds. The molecule has 0 radical (unpaired) electrons. The Bertz CT molecular complexity index is 303. The van der Waals surface area contributed by atoms with E-state index in [1.165, 1.54) is 16.7 Å². The van der Waals surface area contributed by atoms with Gasteiger partial charge in [0.1, 0.15) is 0 Å². The van der Waals surface area contributed by atoms with Crippen LogP contribution in [-0.4, -0.2) is 27.3 Å². The smallest absolute Gasteiger partial charge is 0.0543 e. The second-order valence-electron chi connectivity index (χ2n) is 4.05. The average molecular weight is 207 g/mol. The molecule has 2 heteroatoms. The number of methoxy groups -OCH3 is 1. The van der Waals surface area contributed by atoms with Gasteiger partial charge in [-0.05, 0) is 37.6 Å². The topological polar surface area (TPSA) is 21.3 Å². The molecule has 15 heavy (non-hydrogen) atoms. The van der Waals surface area contributed by atoms with Crippen molar-refractivity contribution in [3.8, 4) is 0 Å². The van der Waals surface area contributed by atoms with Crippen molar-refractivity contribution >= 4 is 0 Å². The molecule has 0 aliphatic heterocycles. The maximum atomic E-state index is 5.24. The molecule has 0 bridgehead atoms. The SMILES string of the molecule is CNCC(COC)c1ccc(C)c(C)c1. The number of hydrogen-bond donors (Lipinski definition) is 1. The van der Waals surface area contributed by atoms with Crippen LogP contribution in [0, 0.1) is 13.8 Å². The number of benzene rings is 1. The molecule has 0 fully saturated rings. The highest BCUT2D eigenvalue weighted by molar-refractivity contribution is 5.32. The fraction of sp³-hybridized carbons (Fsp3) is 0.538. The van der Waals surface area contributed by atoms with Gasteiger partial charge in [-0.15, -0.1) is 0 Å². The van der Waals surface area contributed by atoms with Gasteiger partial charge >= 0.3 is 0 Å². The minimum Gasteiger partial charge on any atom is -0.384 e. The Labute approximate surface area is 92.6 Å². The van der Waals surface area contributed by atoms with Crippen LogP contribution in [0.4, 0.5) is 0 Å². The van der Waals surface area contributed by atoms with Gasteiger partial charge in [0.2, 0.25) is 0 Å². The molecule has 0 saturated carbocycles. The lowest BCUT2D eigenvalue weighted by molar-refractivity contribution is 0.178. The van der Waals surface area contributed by atoms with Gasteiger partial charge in [-0.25, -0.2) is 0 Å². The first-order chi connectivity index (χ1) is 7.19. The number of nitrogens with one attached hydrogen (secondary N) is 1. The van der Waals surface area contributed by atoms with Crippen LogP contribution in [-0.2, 0) is 4.74 Å². The van der Waals surface area contributed by atoms with Crippen LogP contribution in [0.1, 0.15) is 22.6 Å². The first-order valence-corrected chi connectivity index (χ1v) is 5.39. The first kappa shape index (κ1) is 12.2. The van der Waals surface area contributed by atoms with Crippen molar-refractivity contribution < 1.29 is 4.74 Å². The zero-order valence-corrected chi connectivity index (χ0v) is 10.1. The molecule has 1 unspecified atom stereocenters. The standard InChI is InChI=1S/C13H21NO/c1-10-5-6-12(7-11(10)2)13(8-14-3)9-15-4/h5-7,13-14H,8-9H2,1-4H3. The average Bonchev–Trinajstić information content (AvgIpc) is 2.22. The number of ether oxygens (including phenoxy) is 1. The molecule has 0 aliphatic carbocycles. The molecule has 0 spiro atoms. The summed E-state index contributed by atoms with van der Waals surface area (Å²) in [4.78, 5) is 0. The van der Waals surface area contributed by atoms with E-state index < -0.39 is 0 Å². The highest BCUT2D eigenvalue weighted by Crippen LogP contribution is 2.18. The molecule has 0 aliphatic rings. The summed E-state index contributed by atoms with van der Waals surface area (Å²) in [7, 11) is 3.73. The van der Waals surface area contributed by atoms with E-state index in [1.807, 2.05) is 7.05 Å². The van der Waals surface area contributed by atoms with E-state index in [9.17, 15) is 0 Å². The lowest BCUT2D eigenvalue weighted by Gasteiger charge is -2.17. The molecule has 1 atom stereocenters. The molecule has 2 nitrogen and oxygen atoms in total. The number of aryl methyl sites for hydroxylation is 2. The van der Waals surface area contributed by atoms with E-state index in [0.29, 0.717) is 5.92 Å². The Kier molecular flexibility index (Phi) is 4.79. The van der Waals surface area contributed by atoms with Gasteiger partial charge in [-0.2, -0.15) is 0 Å². The zero-order chi connectivity index (χ0) is 11.3. The Balaban J connectivity index is 2.85. The molecule has 1 aromatic rings. The third-order valence-corrected chi connectivity index (χ3v) is 2.82. The molecular formula is C13H21NO. The van der Waals surface area contributed by atoms with E-state index in [1.54, 1.807) is 7.11 Å². The molecule has 84 valence electrons. The highest BCUT2D eigenvalue weighted by atomic mass is 16.5. The van der Waals surface area contributed by atoms with Crippen LogP contribution in [0.15, 0.2) is 18.2 Å². The Morgan fingerprint density at radius 2 is 2.00 bits per heavy atom. The molecule has 0 aromatic heterocycles. The van der Waals surface area contributed by atoms with Gasteiger partial charge in [0.25, 0.3) is 0 Å². The van der Waals surface area contributed by atoms with Gasteiger partial charge in [0.15, 0.2) is 0 Å². The van der Waals surface area contributed by atoms with E-state index in [0.717, 1.165) is 13.2 Å². The summed E-state index contributed by atoms with van der Waals surface area (Å²) >= 11 is 0. The van der Waals surface area contributed by atoms with Gasteiger partial charge in [0.05, 0.1) is 6.61 Å². The maximum Gasteiger partial charge on any atom is 0.0543 e. The Morgan fingerprint density at radius 1 is 1.27 bits per heavy atom. The van der Waals surface area contributed by atoms with Crippen LogP contribution in [0.25, 0.3) is 0 Å². The lowest BCUT2D eigenvalue weighted by Crippen LogP contribution is -2.21. The third-order valence-electron chi connectivity index (χ3n) is 2.82.